The largest absolute Gasteiger partial charge is 0.497 e. The van der Waals surface area contributed by atoms with Crippen molar-refractivity contribution in [2.24, 2.45) is 5.73 Å². The predicted octanol–water partition coefficient (Wildman–Crippen LogP) is 2.04. The molecular weight excluding hydrogens is 358 g/mol. The molecule has 2 heterocycles. The molecule has 148 valence electrons. The van der Waals surface area contributed by atoms with Gasteiger partial charge in [-0.05, 0) is 43.7 Å². The van der Waals surface area contributed by atoms with Gasteiger partial charge in [-0.15, -0.1) is 0 Å². The molecule has 1 aliphatic heterocycles. The Balaban J connectivity index is 1.95. The molecule has 1 saturated heterocycles. The number of ether oxygens (including phenoxy) is 1. The highest BCUT2D eigenvalue weighted by Crippen LogP contribution is 2.29. The van der Waals surface area contributed by atoms with E-state index in [0.29, 0.717) is 18.1 Å². The molecule has 2 amide bonds. The zero-order chi connectivity index (χ0) is 20.1. The van der Waals surface area contributed by atoms with Crippen molar-refractivity contribution in [3.63, 3.8) is 0 Å². The number of aromatic nitrogens is 1. The number of pyridine rings is 1. The van der Waals surface area contributed by atoms with Gasteiger partial charge in [-0.25, -0.2) is 4.98 Å². The third-order valence-corrected chi connectivity index (χ3v) is 4.74. The molecule has 0 spiro atoms. The number of primary amides is 1. The summed E-state index contributed by atoms with van der Waals surface area (Å²) in [5, 5.41) is 6.49. The zero-order valence-electron chi connectivity index (χ0n) is 16.1. The van der Waals surface area contributed by atoms with Gasteiger partial charge < -0.3 is 26.0 Å². The molecule has 1 atom stereocenters. The number of benzene rings is 1. The van der Waals surface area contributed by atoms with Crippen molar-refractivity contribution < 1.29 is 14.3 Å². The lowest BCUT2D eigenvalue weighted by Gasteiger charge is -2.35. The summed E-state index contributed by atoms with van der Waals surface area (Å²) in [4.78, 5) is 30.4. The molecule has 0 bridgehead atoms. The SMILES string of the molecule is COc1ccc(Nc2cc(N(C(C)=O)[C@H]3CCCNC3)c(C(N)=O)cn2)cc1. The van der Waals surface area contributed by atoms with Crippen LogP contribution in [0.25, 0.3) is 0 Å². The van der Waals surface area contributed by atoms with Crippen LogP contribution in [0.3, 0.4) is 0 Å². The summed E-state index contributed by atoms with van der Waals surface area (Å²) in [5.41, 5.74) is 7.05. The van der Waals surface area contributed by atoms with Gasteiger partial charge >= 0.3 is 0 Å². The second-order valence-electron chi connectivity index (χ2n) is 6.69. The number of amides is 2. The second-order valence-corrected chi connectivity index (χ2v) is 6.69. The number of carbonyl (C=O) groups excluding carboxylic acids is 2. The van der Waals surface area contributed by atoms with E-state index >= 15 is 0 Å². The molecule has 0 unspecified atom stereocenters. The predicted molar refractivity (Wildman–Crippen MR) is 108 cm³/mol. The van der Waals surface area contributed by atoms with Crippen LogP contribution < -0.4 is 26.0 Å². The van der Waals surface area contributed by atoms with Crippen molar-refractivity contribution in [1.82, 2.24) is 10.3 Å². The van der Waals surface area contributed by atoms with Crippen molar-refractivity contribution in [2.45, 2.75) is 25.8 Å². The maximum atomic E-state index is 12.4. The van der Waals surface area contributed by atoms with Crippen LogP contribution in [-0.4, -0.2) is 43.0 Å². The lowest BCUT2D eigenvalue weighted by Crippen LogP contribution is -2.49. The summed E-state index contributed by atoms with van der Waals surface area (Å²) in [6.07, 6.45) is 3.23. The molecule has 8 heteroatoms. The minimum atomic E-state index is -0.617. The molecule has 8 nitrogen and oxygen atoms in total. The van der Waals surface area contributed by atoms with E-state index in [-0.39, 0.29) is 17.5 Å². The Hall–Kier alpha value is -3.13. The van der Waals surface area contributed by atoms with Crippen LogP contribution in [0, 0.1) is 0 Å². The fourth-order valence-corrected chi connectivity index (χ4v) is 3.40. The third kappa shape index (κ3) is 4.40. The molecule has 1 aliphatic rings. The molecule has 0 aliphatic carbocycles. The molecular formula is C20H25N5O3. The van der Waals surface area contributed by atoms with Gasteiger partial charge in [0.2, 0.25) is 5.91 Å². The molecule has 4 N–H and O–H groups in total. The summed E-state index contributed by atoms with van der Waals surface area (Å²) in [6, 6.07) is 9.03. The molecule has 1 aromatic heterocycles. The lowest BCUT2D eigenvalue weighted by molar-refractivity contribution is -0.117. The number of methoxy groups -OCH3 is 1. The highest BCUT2D eigenvalue weighted by atomic mass is 16.5. The Morgan fingerprint density at radius 2 is 2.07 bits per heavy atom. The maximum absolute atomic E-state index is 12.4. The Morgan fingerprint density at radius 1 is 1.32 bits per heavy atom. The Bertz CT molecular complexity index is 847. The summed E-state index contributed by atoms with van der Waals surface area (Å²) < 4.78 is 5.16. The second kappa shape index (κ2) is 8.71. The average Bonchev–Trinajstić information content (AvgIpc) is 2.69. The minimum absolute atomic E-state index is 0.0411. The monoisotopic (exact) mass is 383 g/mol. The van der Waals surface area contributed by atoms with Crippen molar-refractivity contribution in [3.05, 3.63) is 42.1 Å². The Kier molecular flexibility index (Phi) is 6.10. The van der Waals surface area contributed by atoms with Gasteiger partial charge in [0.15, 0.2) is 0 Å². The first-order valence-corrected chi connectivity index (χ1v) is 9.21. The number of hydrogen-bond donors (Lipinski definition) is 3. The van der Waals surface area contributed by atoms with E-state index in [1.54, 1.807) is 18.1 Å². The van der Waals surface area contributed by atoms with Gasteiger partial charge in [0.1, 0.15) is 11.6 Å². The van der Waals surface area contributed by atoms with Gasteiger partial charge in [-0.2, -0.15) is 0 Å². The van der Waals surface area contributed by atoms with Crippen LogP contribution in [-0.2, 0) is 4.79 Å². The van der Waals surface area contributed by atoms with Gasteiger partial charge in [-0.3, -0.25) is 9.59 Å². The van der Waals surface area contributed by atoms with E-state index in [9.17, 15) is 9.59 Å². The molecule has 0 radical (unpaired) electrons. The number of hydrogen-bond acceptors (Lipinski definition) is 6. The smallest absolute Gasteiger partial charge is 0.252 e. The first-order chi connectivity index (χ1) is 13.5. The van der Waals surface area contributed by atoms with Crippen molar-refractivity contribution in [2.75, 3.05) is 30.4 Å². The average molecular weight is 383 g/mol. The quantitative estimate of drug-likeness (QED) is 0.704. The van der Waals surface area contributed by atoms with E-state index in [1.165, 1.54) is 13.1 Å². The highest BCUT2D eigenvalue weighted by molar-refractivity contribution is 6.04. The van der Waals surface area contributed by atoms with Gasteiger partial charge in [-0.1, -0.05) is 0 Å². The number of nitrogens with one attached hydrogen (secondary N) is 2. The van der Waals surface area contributed by atoms with E-state index in [2.05, 4.69) is 15.6 Å². The molecule has 2 aromatic rings. The van der Waals surface area contributed by atoms with Crippen molar-refractivity contribution in [3.8, 4) is 5.75 Å². The maximum Gasteiger partial charge on any atom is 0.252 e. The Labute approximate surface area is 164 Å². The number of nitrogens with zero attached hydrogens (tertiary/aromatic N) is 2. The highest BCUT2D eigenvalue weighted by Gasteiger charge is 2.28. The molecule has 3 rings (SSSR count). The summed E-state index contributed by atoms with van der Waals surface area (Å²) in [6.45, 7) is 3.09. The van der Waals surface area contributed by atoms with Gasteiger partial charge in [0, 0.05) is 37.5 Å². The normalized spacial score (nSPS) is 16.3. The van der Waals surface area contributed by atoms with Gasteiger partial charge in [0.05, 0.1) is 18.4 Å². The summed E-state index contributed by atoms with van der Waals surface area (Å²) in [7, 11) is 1.61. The number of rotatable bonds is 6. The fourth-order valence-electron chi connectivity index (χ4n) is 3.40. The first-order valence-electron chi connectivity index (χ1n) is 9.21. The van der Waals surface area contributed by atoms with E-state index in [0.717, 1.165) is 30.8 Å². The molecule has 1 fully saturated rings. The van der Waals surface area contributed by atoms with Gasteiger partial charge in [0.25, 0.3) is 5.91 Å². The molecule has 28 heavy (non-hydrogen) atoms. The van der Waals surface area contributed by atoms with Crippen molar-refractivity contribution in [1.29, 1.82) is 0 Å². The zero-order valence-corrected chi connectivity index (χ0v) is 16.1. The third-order valence-electron chi connectivity index (χ3n) is 4.74. The minimum Gasteiger partial charge on any atom is -0.497 e. The van der Waals surface area contributed by atoms with Crippen LogP contribution in [0.15, 0.2) is 36.5 Å². The number of nitrogens with two attached hydrogens (primary N) is 1. The topological polar surface area (TPSA) is 110 Å². The van der Waals surface area contributed by atoms with Crippen LogP contribution >= 0.6 is 0 Å². The number of piperidine rings is 1. The molecule has 0 saturated carbocycles. The van der Waals surface area contributed by atoms with Crippen LogP contribution in [0.1, 0.15) is 30.1 Å². The molecule has 1 aromatic carbocycles. The first kappa shape index (κ1) is 19.6. The standard InChI is InChI=1S/C20H25N5O3/c1-13(26)25(15-4-3-9-22-11-15)18-10-19(23-12-17(18)20(21)27)24-14-5-7-16(28-2)8-6-14/h5-8,10,12,15,22H,3-4,9,11H2,1-2H3,(H2,21,27)(H,23,24)/t15-/m0/s1. The lowest BCUT2D eigenvalue weighted by atomic mass is 10.0. The van der Waals surface area contributed by atoms with E-state index in [1.807, 2.05) is 24.3 Å². The number of carbonyl (C=O) groups is 2. The fraction of sp³-hybridized carbons (Fsp3) is 0.350. The van der Waals surface area contributed by atoms with E-state index < -0.39 is 5.91 Å². The summed E-state index contributed by atoms with van der Waals surface area (Å²) >= 11 is 0. The van der Waals surface area contributed by atoms with Crippen LogP contribution in [0.4, 0.5) is 17.2 Å². The van der Waals surface area contributed by atoms with Crippen molar-refractivity contribution >= 4 is 29.0 Å². The van der Waals surface area contributed by atoms with Crippen LogP contribution in [0.5, 0.6) is 5.75 Å². The number of anilines is 3. The van der Waals surface area contributed by atoms with Crippen LogP contribution in [0.2, 0.25) is 0 Å². The Morgan fingerprint density at radius 3 is 2.64 bits per heavy atom. The van der Waals surface area contributed by atoms with E-state index in [4.69, 9.17) is 10.5 Å². The summed E-state index contributed by atoms with van der Waals surface area (Å²) in [5.74, 6) is 0.502.